The molecule has 2 rings (SSSR count). The molecule has 0 aliphatic rings. The summed E-state index contributed by atoms with van der Waals surface area (Å²) in [6, 6.07) is 13.9. The van der Waals surface area contributed by atoms with E-state index in [1.165, 1.54) is 11.1 Å². The third-order valence-electron chi connectivity index (χ3n) is 3.18. The van der Waals surface area contributed by atoms with Crippen LogP contribution in [0, 0.1) is 6.92 Å². The van der Waals surface area contributed by atoms with Crippen molar-refractivity contribution in [3.05, 3.63) is 53.6 Å². The van der Waals surface area contributed by atoms with E-state index in [1.54, 1.807) is 6.07 Å². The first kappa shape index (κ1) is 12.7. The molecule has 18 heavy (non-hydrogen) atoms. The average Bonchev–Trinajstić information content (AvgIpc) is 2.29. The number of aryl methyl sites for hydroxylation is 1. The molecule has 0 atom stereocenters. The van der Waals surface area contributed by atoms with Crippen molar-refractivity contribution in [1.29, 1.82) is 0 Å². The van der Waals surface area contributed by atoms with E-state index in [1.807, 2.05) is 18.2 Å². The van der Waals surface area contributed by atoms with Crippen LogP contribution in [-0.2, 0) is 5.41 Å². The molecular formula is C17H20O. The van der Waals surface area contributed by atoms with Crippen molar-refractivity contribution >= 4 is 0 Å². The van der Waals surface area contributed by atoms with Crippen LogP contribution in [0.2, 0.25) is 0 Å². The van der Waals surface area contributed by atoms with Crippen LogP contribution in [0.15, 0.2) is 42.5 Å². The van der Waals surface area contributed by atoms with Gasteiger partial charge in [0.15, 0.2) is 0 Å². The van der Waals surface area contributed by atoms with Gasteiger partial charge in [0.05, 0.1) is 0 Å². The molecule has 1 N–H and O–H groups in total. The summed E-state index contributed by atoms with van der Waals surface area (Å²) in [5.74, 6) is 0.340. The van der Waals surface area contributed by atoms with E-state index in [4.69, 9.17) is 0 Å². The highest BCUT2D eigenvalue weighted by Gasteiger charge is 2.19. The maximum atomic E-state index is 10.0. The van der Waals surface area contributed by atoms with Gasteiger partial charge >= 0.3 is 0 Å². The first-order chi connectivity index (χ1) is 8.39. The van der Waals surface area contributed by atoms with E-state index < -0.39 is 0 Å². The van der Waals surface area contributed by atoms with Crippen molar-refractivity contribution in [1.82, 2.24) is 0 Å². The van der Waals surface area contributed by atoms with Crippen molar-refractivity contribution < 1.29 is 5.11 Å². The number of phenolic OH excluding ortho intramolecular Hbond substituents is 1. The zero-order valence-corrected chi connectivity index (χ0v) is 11.5. The second-order valence-electron chi connectivity index (χ2n) is 5.82. The fraction of sp³-hybridized carbons (Fsp3) is 0.294. The van der Waals surface area contributed by atoms with Gasteiger partial charge in [-0.05, 0) is 29.5 Å². The van der Waals surface area contributed by atoms with Crippen molar-refractivity contribution in [2.45, 2.75) is 33.1 Å². The number of aromatic hydroxyl groups is 1. The van der Waals surface area contributed by atoms with Crippen LogP contribution in [0.4, 0.5) is 0 Å². The summed E-state index contributed by atoms with van der Waals surface area (Å²) in [7, 11) is 0. The molecule has 0 saturated carbocycles. The van der Waals surface area contributed by atoms with Gasteiger partial charge in [-0.3, -0.25) is 0 Å². The van der Waals surface area contributed by atoms with E-state index in [9.17, 15) is 5.11 Å². The topological polar surface area (TPSA) is 20.2 Å². The normalized spacial score (nSPS) is 11.6. The lowest BCUT2D eigenvalue weighted by Gasteiger charge is -2.24. The Morgan fingerprint density at radius 2 is 1.56 bits per heavy atom. The largest absolute Gasteiger partial charge is 0.507 e. The van der Waals surface area contributed by atoms with Crippen molar-refractivity contribution in [3.63, 3.8) is 0 Å². The number of hydrogen-bond acceptors (Lipinski definition) is 1. The van der Waals surface area contributed by atoms with Gasteiger partial charge in [0.1, 0.15) is 5.75 Å². The minimum Gasteiger partial charge on any atom is -0.507 e. The van der Waals surface area contributed by atoms with Gasteiger partial charge in [-0.15, -0.1) is 0 Å². The van der Waals surface area contributed by atoms with Crippen LogP contribution in [0.25, 0.3) is 11.1 Å². The van der Waals surface area contributed by atoms with E-state index in [0.717, 1.165) is 11.1 Å². The Hall–Kier alpha value is -1.76. The molecule has 0 aliphatic carbocycles. The Balaban J connectivity index is 2.69. The maximum absolute atomic E-state index is 10.0. The number of rotatable bonds is 1. The SMILES string of the molecule is Cc1ccc(-c2ccccc2O)c(C(C)(C)C)c1. The molecule has 0 radical (unpaired) electrons. The Morgan fingerprint density at radius 3 is 2.17 bits per heavy atom. The van der Waals surface area contributed by atoms with Crippen LogP contribution >= 0.6 is 0 Å². The van der Waals surface area contributed by atoms with Crippen LogP contribution in [0.5, 0.6) is 5.75 Å². The molecule has 2 aromatic carbocycles. The minimum atomic E-state index is 0.0592. The molecule has 0 amide bonds. The average molecular weight is 240 g/mol. The summed E-state index contributed by atoms with van der Waals surface area (Å²) in [6.45, 7) is 8.70. The van der Waals surface area contributed by atoms with E-state index in [0.29, 0.717) is 5.75 Å². The summed E-state index contributed by atoms with van der Waals surface area (Å²) in [5.41, 5.74) is 4.60. The van der Waals surface area contributed by atoms with Crippen molar-refractivity contribution in [2.24, 2.45) is 0 Å². The molecule has 0 saturated heterocycles. The second kappa shape index (κ2) is 4.49. The lowest BCUT2D eigenvalue weighted by atomic mass is 9.81. The molecule has 94 valence electrons. The maximum Gasteiger partial charge on any atom is 0.123 e. The lowest BCUT2D eigenvalue weighted by Crippen LogP contribution is -2.13. The summed E-state index contributed by atoms with van der Waals surface area (Å²) in [5, 5.41) is 10.0. The summed E-state index contributed by atoms with van der Waals surface area (Å²) in [4.78, 5) is 0. The van der Waals surface area contributed by atoms with E-state index >= 15 is 0 Å². The van der Waals surface area contributed by atoms with Crippen LogP contribution in [-0.4, -0.2) is 5.11 Å². The molecule has 0 fully saturated rings. The number of benzene rings is 2. The summed E-state index contributed by atoms with van der Waals surface area (Å²) in [6.07, 6.45) is 0. The summed E-state index contributed by atoms with van der Waals surface area (Å²) < 4.78 is 0. The quantitative estimate of drug-likeness (QED) is 0.768. The number of para-hydroxylation sites is 1. The van der Waals surface area contributed by atoms with Gasteiger partial charge in [-0.25, -0.2) is 0 Å². The Bertz CT molecular complexity index is 562. The van der Waals surface area contributed by atoms with Gasteiger partial charge in [0, 0.05) is 5.56 Å². The zero-order valence-electron chi connectivity index (χ0n) is 11.5. The first-order valence-corrected chi connectivity index (χ1v) is 6.29. The fourth-order valence-electron chi connectivity index (χ4n) is 2.21. The van der Waals surface area contributed by atoms with E-state index in [-0.39, 0.29) is 5.41 Å². The smallest absolute Gasteiger partial charge is 0.123 e. The molecule has 0 unspecified atom stereocenters. The number of phenols is 1. The van der Waals surface area contributed by atoms with Crippen LogP contribution in [0.1, 0.15) is 31.9 Å². The molecule has 0 heterocycles. The monoisotopic (exact) mass is 240 g/mol. The molecule has 0 aromatic heterocycles. The molecule has 2 aromatic rings. The highest BCUT2D eigenvalue weighted by atomic mass is 16.3. The first-order valence-electron chi connectivity index (χ1n) is 6.29. The highest BCUT2D eigenvalue weighted by molar-refractivity contribution is 5.74. The predicted octanol–water partition coefficient (Wildman–Crippen LogP) is 4.67. The van der Waals surface area contributed by atoms with Gasteiger partial charge in [-0.2, -0.15) is 0 Å². The Morgan fingerprint density at radius 1 is 0.889 bits per heavy atom. The van der Waals surface area contributed by atoms with Gasteiger partial charge in [0.2, 0.25) is 0 Å². The Labute approximate surface area is 109 Å². The number of hydrogen-bond donors (Lipinski definition) is 1. The molecular weight excluding hydrogens is 220 g/mol. The standard InChI is InChI=1S/C17H20O/c1-12-9-10-13(15(11-12)17(2,3)4)14-7-5-6-8-16(14)18/h5-11,18H,1-4H3. The lowest BCUT2D eigenvalue weighted by molar-refractivity contribution is 0.477. The van der Waals surface area contributed by atoms with Crippen LogP contribution in [0.3, 0.4) is 0 Å². The third kappa shape index (κ3) is 2.40. The fourth-order valence-corrected chi connectivity index (χ4v) is 2.21. The molecule has 0 spiro atoms. The molecule has 1 heteroatoms. The third-order valence-corrected chi connectivity index (χ3v) is 3.18. The van der Waals surface area contributed by atoms with Gasteiger partial charge in [-0.1, -0.05) is 62.7 Å². The Kier molecular flexibility index (Phi) is 3.16. The van der Waals surface area contributed by atoms with Gasteiger partial charge in [0.25, 0.3) is 0 Å². The van der Waals surface area contributed by atoms with E-state index in [2.05, 4.69) is 45.9 Å². The molecule has 1 nitrogen and oxygen atoms in total. The highest BCUT2D eigenvalue weighted by Crippen LogP contribution is 2.37. The minimum absolute atomic E-state index is 0.0592. The zero-order chi connectivity index (χ0) is 13.3. The van der Waals surface area contributed by atoms with Crippen LogP contribution < -0.4 is 0 Å². The van der Waals surface area contributed by atoms with Gasteiger partial charge < -0.3 is 5.11 Å². The molecule has 0 bridgehead atoms. The van der Waals surface area contributed by atoms with Crippen molar-refractivity contribution in [2.75, 3.05) is 0 Å². The second-order valence-corrected chi connectivity index (χ2v) is 5.82. The predicted molar refractivity (Wildman–Crippen MR) is 77.0 cm³/mol. The summed E-state index contributed by atoms with van der Waals surface area (Å²) >= 11 is 0. The molecule has 0 aliphatic heterocycles. The van der Waals surface area contributed by atoms with Crippen molar-refractivity contribution in [3.8, 4) is 16.9 Å².